The number of hydrogen-bond acceptors (Lipinski definition) is 4. The Hall–Kier alpha value is -1.10. The molecule has 0 aliphatic carbocycles. The van der Waals surface area contributed by atoms with Gasteiger partial charge < -0.3 is 14.7 Å². The molecule has 2 heterocycles. The molecule has 4 heteroatoms. The fourth-order valence-electron chi connectivity index (χ4n) is 3.48. The van der Waals surface area contributed by atoms with Gasteiger partial charge in [0.2, 0.25) is 0 Å². The lowest BCUT2D eigenvalue weighted by atomic mass is 9.93. The van der Waals surface area contributed by atoms with Crippen molar-refractivity contribution in [2.24, 2.45) is 0 Å². The largest absolute Gasteiger partial charge is 0.491 e. The quantitative estimate of drug-likeness (QED) is 0.929. The van der Waals surface area contributed by atoms with Crippen LogP contribution in [0.4, 0.5) is 0 Å². The van der Waals surface area contributed by atoms with Crippen molar-refractivity contribution in [3.8, 4) is 5.75 Å². The third-order valence-electron chi connectivity index (χ3n) is 5.12. The van der Waals surface area contributed by atoms with Gasteiger partial charge in [0.05, 0.1) is 6.04 Å². The highest BCUT2D eigenvalue weighted by molar-refractivity contribution is 5.42. The van der Waals surface area contributed by atoms with E-state index in [2.05, 4.69) is 42.7 Å². The lowest BCUT2D eigenvalue weighted by molar-refractivity contribution is -0.0165. The lowest BCUT2D eigenvalue weighted by Gasteiger charge is -2.42. The van der Waals surface area contributed by atoms with E-state index in [0.717, 1.165) is 44.0 Å². The zero-order chi connectivity index (χ0) is 15.7. The van der Waals surface area contributed by atoms with Crippen LogP contribution < -0.4 is 4.74 Å². The van der Waals surface area contributed by atoms with Crippen LogP contribution in [-0.4, -0.2) is 60.3 Å². The Morgan fingerprint density at radius 3 is 2.59 bits per heavy atom. The number of ether oxygens (including phenoxy) is 1. The maximum absolute atomic E-state index is 10.9. The Labute approximate surface area is 133 Å². The molecule has 2 unspecified atom stereocenters. The number of nitrogens with zero attached hydrogens (tertiary/aromatic N) is 2. The minimum Gasteiger partial charge on any atom is -0.491 e. The minimum absolute atomic E-state index is 0.0777. The summed E-state index contributed by atoms with van der Waals surface area (Å²) >= 11 is 0. The van der Waals surface area contributed by atoms with Crippen molar-refractivity contribution in [2.75, 3.05) is 39.3 Å². The van der Waals surface area contributed by atoms with Gasteiger partial charge in [-0.05, 0) is 30.2 Å². The molecule has 0 radical (unpaired) electrons. The van der Waals surface area contributed by atoms with Gasteiger partial charge in [-0.3, -0.25) is 4.90 Å². The molecule has 2 atom stereocenters. The van der Waals surface area contributed by atoms with Crippen molar-refractivity contribution in [3.63, 3.8) is 0 Å². The summed E-state index contributed by atoms with van der Waals surface area (Å²) in [5.74, 6) is 1.31. The normalized spacial score (nSPS) is 26.8. The first-order valence-corrected chi connectivity index (χ1v) is 8.51. The highest BCUT2D eigenvalue weighted by Crippen LogP contribution is 2.36. The average molecular weight is 304 g/mol. The summed E-state index contributed by atoms with van der Waals surface area (Å²) in [7, 11) is 0. The Bertz CT molecular complexity index is 510. The first-order chi connectivity index (χ1) is 10.6. The average Bonchev–Trinajstić information content (AvgIpc) is 2.55. The van der Waals surface area contributed by atoms with E-state index in [0.29, 0.717) is 12.5 Å². The van der Waals surface area contributed by atoms with Gasteiger partial charge in [0, 0.05) is 31.7 Å². The molecule has 0 amide bonds. The van der Waals surface area contributed by atoms with Gasteiger partial charge >= 0.3 is 0 Å². The van der Waals surface area contributed by atoms with E-state index in [4.69, 9.17) is 4.74 Å². The topological polar surface area (TPSA) is 35.9 Å². The maximum Gasteiger partial charge on any atom is 0.125 e. The van der Waals surface area contributed by atoms with Gasteiger partial charge in [-0.1, -0.05) is 26.8 Å². The molecule has 0 spiro atoms. The van der Waals surface area contributed by atoms with Gasteiger partial charge in [-0.2, -0.15) is 0 Å². The SMILES string of the molecule is CCN1CCN(C2COc3ccc(C(C)C)cc3C2O)CC1. The van der Waals surface area contributed by atoms with Crippen molar-refractivity contribution >= 4 is 0 Å². The van der Waals surface area contributed by atoms with Gasteiger partial charge in [-0.15, -0.1) is 0 Å². The van der Waals surface area contributed by atoms with Gasteiger partial charge in [-0.25, -0.2) is 0 Å². The van der Waals surface area contributed by atoms with E-state index in [9.17, 15) is 5.11 Å². The van der Waals surface area contributed by atoms with Crippen LogP contribution in [0.25, 0.3) is 0 Å². The molecule has 0 aromatic heterocycles. The molecule has 4 nitrogen and oxygen atoms in total. The van der Waals surface area contributed by atoms with Crippen molar-refractivity contribution < 1.29 is 9.84 Å². The molecule has 2 aliphatic rings. The van der Waals surface area contributed by atoms with E-state index in [1.165, 1.54) is 5.56 Å². The third kappa shape index (κ3) is 3.00. The molecule has 1 fully saturated rings. The third-order valence-corrected chi connectivity index (χ3v) is 5.12. The minimum atomic E-state index is -0.448. The van der Waals surface area contributed by atoms with Crippen LogP contribution in [0.1, 0.15) is 43.9 Å². The van der Waals surface area contributed by atoms with E-state index < -0.39 is 6.10 Å². The number of aliphatic hydroxyl groups is 1. The van der Waals surface area contributed by atoms with Crippen LogP contribution >= 0.6 is 0 Å². The van der Waals surface area contributed by atoms with E-state index in [1.807, 2.05) is 6.07 Å². The molecular weight excluding hydrogens is 276 g/mol. The second-order valence-electron chi connectivity index (χ2n) is 6.75. The summed E-state index contributed by atoms with van der Waals surface area (Å²) in [5, 5.41) is 10.9. The number of piperazine rings is 1. The molecule has 0 saturated carbocycles. The predicted molar refractivity (Wildman–Crippen MR) is 88.5 cm³/mol. The van der Waals surface area contributed by atoms with Gasteiger partial charge in [0.25, 0.3) is 0 Å². The van der Waals surface area contributed by atoms with Gasteiger partial charge in [0.15, 0.2) is 0 Å². The van der Waals surface area contributed by atoms with Crippen LogP contribution in [0.2, 0.25) is 0 Å². The summed E-state index contributed by atoms with van der Waals surface area (Å²) in [5.41, 5.74) is 2.22. The fraction of sp³-hybridized carbons (Fsp3) is 0.667. The molecule has 1 N–H and O–H groups in total. The second kappa shape index (κ2) is 6.57. The monoisotopic (exact) mass is 304 g/mol. The van der Waals surface area contributed by atoms with Crippen molar-refractivity contribution in [1.29, 1.82) is 0 Å². The number of aliphatic hydroxyl groups excluding tert-OH is 1. The van der Waals surface area contributed by atoms with Crippen LogP contribution in [0.15, 0.2) is 18.2 Å². The van der Waals surface area contributed by atoms with Gasteiger partial charge in [0.1, 0.15) is 18.5 Å². The molecule has 3 rings (SSSR count). The number of likely N-dealkylation sites (N-methyl/N-ethyl adjacent to an activating group) is 1. The Balaban J connectivity index is 1.76. The molecule has 1 aromatic rings. The van der Waals surface area contributed by atoms with E-state index in [-0.39, 0.29) is 6.04 Å². The first-order valence-electron chi connectivity index (χ1n) is 8.51. The predicted octanol–water partition coefficient (Wildman–Crippen LogP) is 2.24. The summed E-state index contributed by atoms with van der Waals surface area (Å²) in [4.78, 5) is 4.85. The zero-order valence-corrected chi connectivity index (χ0v) is 14.0. The van der Waals surface area contributed by atoms with E-state index >= 15 is 0 Å². The van der Waals surface area contributed by atoms with Crippen molar-refractivity contribution in [3.05, 3.63) is 29.3 Å². The molecule has 0 bridgehead atoms. The fourth-order valence-corrected chi connectivity index (χ4v) is 3.48. The summed E-state index contributed by atoms with van der Waals surface area (Å²) in [6.07, 6.45) is -0.448. The van der Waals surface area contributed by atoms with Crippen molar-refractivity contribution in [1.82, 2.24) is 9.80 Å². The van der Waals surface area contributed by atoms with Crippen LogP contribution in [0.3, 0.4) is 0 Å². The molecule has 1 saturated heterocycles. The Kier molecular flexibility index (Phi) is 4.71. The Morgan fingerprint density at radius 1 is 1.23 bits per heavy atom. The summed E-state index contributed by atoms with van der Waals surface area (Å²) in [6, 6.07) is 6.32. The van der Waals surface area contributed by atoms with Crippen LogP contribution in [-0.2, 0) is 0 Å². The van der Waals surface area contributed by atoms with Crippen molar-refractivity contribution in [2.45, 2.75) is 38.8 Å². The summed E-state index contributed by atoms with van der Waals surface area (Å²) in [6.45, 7) is 12.4. The van der Waals surface area contributed by atoms with Crippen LogP contribution in [0.5, 0.6) is 5.75 Å². The van der Waals surface area contributed by atoms with E-state index in [1.54, 1.807) is 0 Å². The number of benzene rings is 1. The maximum atomic E-state index is 10.9. The standard InChI is InChI=1S/C18H28N2O2/c1-4-19-7-9-20(10-8-19)16-12-22-17-6-5-14(13(2)3)11-15(17)18(16)21/h5-6,11,13,16,18,21H,4,7-10,12H2,1-3H3. The first kappa shape index (κ1) is 15.8. The highest BCUT2D eigenvalue weighted by Gasteiger charge is 2.35. The lowest BCUT2D eigenvalue weighted by Crippen LogP contribution is -2.54. The summed E-state index contributed by atoms with van der Waals surface area (Å²) < 4.78 is 5.93. The second-order valence-corrected chi connectivity index (χ2v) is 6.75. The molecule has 22 heavy (non-hydrogen) atoms. The molecule has 1 aromatic carbocycles. The Morgan fingerprint density at radius 2 is 1.95 bits per heavy atom. The molecular formula is C18H28N2O2. The number of rotatable bonds is 3. The number of hydrogen-bond donors (Lipinski definition) is 1. The zero-order valence-electron chi connectivity index (χ0n) is 14.0. The smallest absolute Gasteiger partial charge is 0.125 e. The molecule has 2 aliphatic heterocycles. The highest BCUT2D eigenvalue weighted by atomic mass is 16.5. The molecule has 122 valence electrons. The number of fused-ring (bicyclic) bond motifs is 1. The van der Waals surface area contributed by atoms with Crippen LogP contribution in [0, 0.1) is 0 Å².